The summed E-state index contributed by atoms with van der Waals surface area (Å²) < 4.78 is 0. The van der Waals surface area contributed by atoms with Gasteiger partial charge in [-0.25, -0.2) is 0 Å². The molecule has 1 heterocycles. The van der Waals surface area contributed by atoms with Crippen molar-refractivity contribution in [1.29, 1.82) is 0 Å². The standard InChI is InChI=1S/C11H14N2O.ClH/c1-6(2)7-3-4-9-8(5-7)10(12)11(14)13-9;/h3-6,10H,12H2,1-2H3,(H,13,14);1H. The summed E-state index contributed by atoms with van der Waals surface area (Å²) in [6, 6.07) is 5.48. The number of fused-ring (bicyclic) bond motifs is 1. The molecule has 3 nitrogen and oxygen atoms in total. The van der Waals surface area contributed by atoms with Crippen molar-refractivity contribution in [2.45, 2.75) is 25.8 Å². The number of nitrogens with one attached hydrogen (secondary N) is 1. The number of rotatable bonds is 1. The number of nitrogens with two attached hydrogens (primary N) is 1. The van der Waals surface area contributed by atoms with Gasteiger partial charge in [0.15, 0.2) is 0 Å². The Hall–Kier alpha value is -1.06. The second-order valence-electron chi connectivity index (χ2n) is 3.97. The van der Waals surface area contributed by atoms with Gasteiger partial charge in [-0.3, -0.25) is 4.79 Å². The zero-order valence-electron chi connectivity index (χ0n) is 8.78. The fraction of sp³-hybridized carbons (Fsp3) is 0.364. The maximum absolute atomic E-state index is 11.3. The molecule has 1 amide bonds. The van der Waals surface area contributed by atoms with Crippen molar-refractivity contribution in [2.24, 2.45) is 5.73 Å². The van der Waals surface area contributed by atoms with Crippen molar-refractivity contribution in [3.63, 3.8) is 0 Å². The van der Waals surface area contributed by atoms with Crippen molar-refractivity contribution in [3.8, 4) is 0 Å². The lowest BCUT2D eigenvalue weighted by Crippen LogP contribution is -2.19. The Balaban J connectivity index is 0.00000112. The van der Waals surface area contributed by atoms with E-state index in [1.165, 1.54) is 5.56 Å². The van der Waals surface area contributed by atoms with Crippen LogP contribution < -0.4 is 11.1 Å². The smallest absolute Gasteiger partial charge is 0.245 e. The van der Waals surface area contributed by atoms with Crippen molar-refractivity contribution < 1.29 is 4.79 Å². The molecule has 2 rings (SSSR count). The van der Waals surface area contributed by atoms with Crippen LogP contribution in [-0.4, -0.2) is 5.91 Å². The summed E-state index contributed by atoms with van der Waals surface area (Å²) in [5.41, 5.74) is 8.74. The third kappa shape index (κ3) is 1.98. The SMILES string of the molecule is CC(C)c1ccc2c(c1)C(N)C(=O)N2.Cl. The summed E-state index contributed by atoms with van der Waals surface area (Å²) in [5, 5.41) is 2.75. The van der Waals surface area contributed by atoms with Crippen LogP contribution in [0.15, 0.2) is 18.2 Å². The number of benzene rings is 1. The first-order chi connectivity index (χ1) is 6.59. The van der Waals surface area contributed by atoms with Crippen LogP contribution >= 0.6 is 12.4 Å². The van der Waals surface area contributed by atoms with E-state index in [4.69, 9.17) is 5.73 Å². The molecular formula is C11H15ClN2O. The fourth-order valence-electron chi connectivity index (χ4n) is 1.66. The summed E-state index contributed by atoms with van der Waals surface area (Å²) >= 11 is 0. The quantitative estimate of drug-likeness (QED) is 0.771. The minimum atomic E-state index is -0.497. The minimum Gasteiger partial charge on any atom is -0.324 e. The molecule has 0 bridgehead atoms. The first-order valence-electron chi connectivity index (χ1n) is 4.80. The molecule has 1 atom stereocenters. The van der Waals surface area contributed by atoms with Crippen molar-refractivity contribution in [2.75, 3.05) is 5.32 Å². The van der Waals surface area contributed by atoms with E-state index in [9.17, 15) is 4.79 Å². The summed E-state index contributed by atoms with van der Waals surface area (Å²) in [5.74, 6) is 0.351. The van der Waals surface area contributed by atoms with Gasteiger partial charge >= 0.3 is 0 Å². The maximum atomic E-state index is 11.3. The van der Waals surface area contributed by atoms with Gasteiger partial charge in [0.1, 0.15) is 6.04 Å². The van der Waals surface area contributed by atoms with E-state index >= 15 is 0 Å². The molecule has 0 radical (unpaired) electrons. The van der Waals surface area contributed by atoms with E-state index in [0.717, 1.165) is 11.3 Å². The molecule has 1 aromatic carbocycles. The molecule has 4 heteroatoms. The normalized spacial score (nSPS) is 18.4. The largest absolute Gasteiger partial charge is 0.324 e. The van der Waals surface area contributed by atoms with Crippen LogP contribution in [0.25, 0.3) is 0 Å². The molecule has 0 spiro atoms. The second kappa shape index (κ2) is 4.21. The van der Waals surface area contributed by atoms with Gasteiger partial charge in [-0.15, -0.1) is 12.4 Å². The number of hydrogen-bond acceptors (Lipinski definition) is 2. The molecule has 3 N–H and O–H groups in total. The van der Waals surface area contributed by atoms with Gasteiger partial charge in [0.25, 0.3) is 0 Å². The van der Waals surface area contributed by atoms with Gasteiger partial charge in [0.05, 0.1) is 0 Å². The van der Waals surface area contributed by atoms with Crippen LogP contribution in [0.4, 0.5) is 5.69 Å². The van der Waals surface area contributed by atoms with Gasteiger partial charge in [0.2, 0.25) is 5.91 Å². The van der Waals surface area contributed by atoms with Gasteiger partial charge < -0.3 is 11.1 Å². The molecule has 0 aromatic heterocycles. The van der Waals surface area contributed by atoms with Crippen LogP contribution in [0, 0.1) is 0 Å². The number of amides is 1. The molecule has 0 fully saturated rings. The zero-order valence-corrected chi connectivity index (χ0v) is 9.60. The van der Waals surface area contributed by atoms with E-state index in [1.807, 2.05) is 18.2 Å². The first kappa shape index (κ1) is 12.0. The lowest BCUT2D eigenvalue weighted by atomic mass is 9.98. The van der Waals surface area contributed by atoms with Crippen LogP contribution in [0.2, 0.25) is 0 Å². The van der Waals surface area contributed by atoms with Crippen LogP contribution in [0.3, 0.4) is 0 Å². The molecule has 0 saturated heterocycles. The highest BCUT2D eigenvalue weighted by Crippen LogP contribution is 2.31. The number of halogens is 1. The Kier molecular flexibility index (Phi) is 3.37. The van der Waals surface area contributed by atoms with E-state index in [-0.39, 0.29) is 18.3 Å². The highest BCUT2D eigenvalue weighted by Gasteiger charge is 2.27. The van der Waals surface area contributed by atoms with Crippen molar-refractivity contribution in [1.82, 2.24) is 0 Å². The monoisotopic (exact) mass is 226 g/mol. The lowest BCUT2D eigenvalue weighted by Gasteiger charge is -2.08. The van der Waals surface area contributed by atoms with Gasteiger partial charge in [0, 0.05) is 11.3 Å². The van der Waals surface area contributed by atoms with Crippen molar-refractivity contribution >= 4 is 24.0 Å². The molecule has 1 aliphatic heterocycles. The zero-order chi connectivity index (χ0) is 10.3. The second-order valence-corrected chi connectivity index (χ2v) is 3.97. The summed E-state index contributed by atoms with van der Waals surface area (Å²) in [4.78, 5) is 11.3. The molecule has 82 valence electrons. The fourth-order valence-corrected chi connectivity index (χ4v) is 1.66. The first-order valence-corrected chi connectivity index (χ1v) is 4.80. The number of anilines is 1. The average molecular weight is 227 g/mol. The van der Waals surface area contributed by atoms with E-state index in [1.54, 1.807) is 0 Å². The van der Waals surface area contributed by atoms with E-state index in [0.29, 0.717) is 5.92 Å². The Morgan fingerprint density at radius 1 is 1.40 bits per heavy atom. The number of carbonyl (C=O) groups is 1. The maximum Gasteiger partial charge on any atom is 0.245 e. The third-order valence-corrected chi connectivity index (χ3v) is 2.62. The van der Waals surface area contributed by atoms with E-state index < -0.39 is 6.04 Å². The molecule has 1 unspecified atom stereocenters. The number of carbonyl (C=O) groups excluding carboxylic acids is 1. The Morgan fingerprint density at radius 3 is 2.67 bits per heavy atom. The Labute approximate surface area is 95.5 Å². The van der Waals surface area contributed by atoms with Gasteiger partial charge in [-0.05, 0) is 17.5 Å². The summed E-state index contributed by atoms with van der Waals surface area (Å²) in [7, 11) is 0. The van der Waals surface area contributed by atoms with Gasteiger partial charge in [-0.2, -0.15) is 0 Å². The minimum absolute atomic E-state index is 0. The average Bonchev–Trinajstić information content (AvgIpc) is 2.43. The Bertz CT molecular complexity index is 390. The van der Waals surface area contributed by atoms with Crippen LogP contribution in [0.5, 0.6) is 0 Å². The third-order valence-electron chi connectivity index (χ3n) is 2.62. The highest BCUT2D eigenvalue weighted by atomic mass is 35.5. The predicted octanol–water partition coefficient (Wildman–Crippen LogP) is 2.18. The van der Waals surface area contributed by atoms with E-state index in [2.05, 4.69) is 19.2 Å². The predicted molar refractivity (Wildman–Crippen MR) is 63.3 cm³/mol. The molecule has 1 aliphatic rings. The molecule has 1 aromatic rings. The van der Waals surface area contributed by atoms with Gasteiger partial charge in [-0.1, -0.05) is 26.0 Å². The topological polar surface area (TPSA) is 55.1 Å². The number of hydrogen-bond donors (Lipinski definition) is 2. The molecular weight excluding hydrogens is 212 g/mol. The summed E-state index contributed by atoms with van der Waals surface area (Å²) in [6.07, 6.45) is 0. The van der Waals surface area contributed by atoms with Crippen LogP contribution in [0.1, 0.15) is 36.9 Å². The lowest BCUT2D eigenvalue weighted by molar-refractivity contribution is -0.116. The molecule has 0 aliphatic carbocycles. The Morgan fingerprint density at radius 2 is 2.07 bits per heavy atom. The molecule has 0 saturated carbocycles. The van der Waals surface area contributed by atoms with Crippen molar-refractivity contribution in [3.05, 3.63) is 29.3 Å². The van der Waals surface area contributed by atoms with Crippen LogP contribution in [-0.2, 0) is 4.79 Å². The molecule has 15 heavy (non-hydrogen) atoms. The highest BCUT2D eigenvalue weighted by molar-refractivity contribution is 6.02. The summed E-state index contributed by atoms with van der Waals surface area (Å²) in [6.45, 7) is 4.24.